The molecule has 0 aromatic heterocycles. The Morgan fingerprint density at radius 3 is 2.18 bits per heavy atom. The van der Waals surface area contributed by atoms with Crippen LogP contribution >= 0.6 is 0 Å². The number of hydrogen-bond acceptors (Lipinski definition) is 0. The number of rotatable bonds is 1. The van der Waals surface area contributed by atoms with Gasteiger partial charge in [-0.1, -0.05) is 0 Å². The van der Waals surface area contributed by atoms with Gasteiger partial charge in [-0.2, -0.15) is 0 Å². The summed E-state index contributed by atoms with van der Waals surface area (Å²) < 4.78 is 1.56. The molecule has 11 heavy (non-hydrogen) atoms. The average Bonchev–Trinajstić information content (AvgIpc) is 1.86. The summed E-state index contributed by atoms with van der Waals surface area (Å²) in [6.45, 7) is 3.93. The third-order valence-electron chi connectivity index (χ3n) is 1.79. The third kappa shape index (κ3) is 2.51. The van der Waals surface area contributed by atoms with Gasteiger partial charge in [0.25, 0.3) is 0 Å². The zero-order valence-electron chi connectivity index (χ0n) is 7.52. The van der Waals surface area contributed by atoms with Gasteiger partial charge in [-0.05, 0) is 0 Å². The zero-order chi connectivity index (χ0) is 8.48. The van der Waals surface area contributed by atoms with Crippen LogP contribution in [0.4, 0.5) is 0 Å². The van der Waals surface area contributed by atoms with Gasteiger partial charge in [-0.15, -0.1) is 0 Å². The van der Waals surface area contributed by atoms with Crippen molar-refractivity contribution in [2.24, 2.45) is 0 Å². The average molecular weight is 254 g/mol. The molecule has 0 aliphatic carbocycles. The summed E-state index contributed by atoms with van der Waals surface area (Å²) >= 11 is -1.80. The molecule has 0 bridgehead atoms. The minimum atomic E-state index is -1.80. The summed E-state index contributed by atoms with van der Waals surface area (Å²) in [4.78, 5) is 7.26. The number of hydrogen-bond donors (Lipinski definition) is 0. The molecule has 1 radical (unpaired) electrons. The van der Waals surface area contributed by atoms with Crippen LogP contribution in [-0.4, -0.2) is 18.4 Å². The van der Waals surface area contributed by atoms with Crippen molar-refractivity contribution in [3.8, 4) is 0 Å². The van der Waals surface area contributed by atoms with Crippen LogP contribution in [0, 0.1) is 6.92 Å². The second-order valence-electron chi connectivity index (χ2n) is 3.95. The van der Waals surface area contributed by atoms with Gasteiger partial charge in [0.2, 0.25) is 0 Å². The molecule has 0 fully saturated rings. The van der Waals surface area contributed by atoms with Gasteiger partial charge in [0.15, 0.2) is 0 Å². The molecule has 0 saturated carbocycles. The van der Waals surface area contributed by atoms with Crippen LogP contribution in [0.1, 0.15) is 5.56 Å². The molecule has 1 heteroatoms. The van der Waals surface area contributed by atoms with Crippen LogP contribution in [-0.2, 0) is 0 Å². The molecule has 0 atom stereocenters. The van der Waals surface area contributed by atoms with Crippen molar-refractivity contribution in [2.45, 2.75) is 14.8 Å². The van der Waals surface area contributed by atoms with E-state index < -0.39 is 18.4 Å². The van der Waals surface area contributed by atoms with Crippen LogP contribution in [0.15, 0.2) is 24.3 Å². The van der Waals surface area contributed by atoms with Crippen molar-refractivity contribution in [1.82, 2.24) is 0 Å². The zero-order valence-corrected chi connectivity index (χ0v) is 10.4. The Labute approximate surface area is 73.5 Å². The molecule has 0 aliphatic heterocycles. The molecule has 0 unspecified atom stereocenters. The third-order valence-corrected chi connectivity index (χ3v) is 7.62. The monoisotopic (exact) mass is 255 g/mol. The predicted octanol–water partition coefficient (Wildman–Crippen LogP) is 2.41. The summed E-state index contributed by atoms with van der Waals surface area (Å²) in [7, 11) is 0. The van der Waals surface area contributed by atoms with E-state index in [9.17, 15) is 0 Å². The first-order valence-corrected chi connectivity index (χ1v) is 13.9. The van der Waals surface area contributed by atoms with Crippen LogP contribution in [0.25, 0.3) is 0 Å². The second-order valence-corrected chi connectivity index (χ2v) is 18.4. The van der Waals surface area contributed by atoms with Gasteiger partial charge in [-0.25, -0.2) is 0 Å². The topological polar surface area (TPSA) is 0 Å². The molecule has 0 N–H and O–H groups in total. The van der Waals surface area contributed by atoms with Crippen LogP contribution in [0.2, 0.25) is 14.8 Å². The van der Waals surface area contributed by atoms with E-state index in [2.05, 4.69) is 46.0 Å². The Bertz CT molecular complexity index is 245. The maximum absolute atomic E-state index is 3.93. The molecule has 0 nitrogen and oxygen atoms in total. The van der Waals surface area contributed by atoms with Gasteiger partial charge in [0, 0.05) is 0 Å². The number of benzene rings is 1. The summed E-state index contributed by atoms with van der Waals surface area (Å²) in [6, 6.07) is 8.64. The summed E-state index contributed by atoms with van der Waals surface area (Å²) in [5, 5.41) is 0. The molecule has 0 spiro atoms. The molecule has 0 amide bonds. The Balaban J connectivity index is 3.06. The van der Waals surface area contributed by atoms with Gasteiger partial charge in [-0.3, -0.25) is 0 Å². The molecule has 59 valence electrons. The first-order valence-electron chi connectivity index (χ1n) is 3.92. The molecule has 0 saturated heterocycles. The fraction of sp³-hybridized carbons (Fsp3) is 0.300. The van der Waals surface area contributed by atoms with Crippen molar-refractivity contribution in [1.29, 1.82) is 0 Å². The first kappa shape index (κ1) is 9.11. The van der Waals surface area contributed by atoms with Gasteiger partial charge in [0.05, 0.1) is 0 Å². The Hall–Kier alpha value is 0.0187. The molecular weight excluding hydrogens is 239 g/mol. The quantitative estimate of drug-likeness (QED) is 0.675. The van der Waals surface area contributed by atoms with Crippen LogP contribution in [0.5, 0.6) is 0 Å². The standard InChI is InChI=1S/C7H6.3CH3.Sn/c1-7-5-3-2-4-6-7;;;;/h2-3,5-6H,1H2;3*1H3;. The van der Waals surface area contributed by atoms with Crippen LogP contribution < -0.4 is 3.58 Å². The van der Waals surface area contributed by atoms with E-state index in [4.69, 9.17) is 0 Å². The molecule has 1 aromatic rings. The van der Waals surface area contributed by atoms with E-state index in [0.717, 1.165) is 5.56 Å². The summed E-state index contributed by atoms with van der Waals surface area (Å²) in [5.41, 5.74) is 1.15. The fourth-order valence-electron chi connectivity index (χ4n) is 1.04. The minimum absolute atomic E-state index is 1.15. The van der Waals surface area contributed by atoms with E-state index in [1.54, 1.807) is 3.58 Å². The molecule has 1 rings (SSSR count). The van der Waals surface area contributed by atoms with Gasteiger partial charge >= 0.3 is 73.5 Å². The molecule has 0 heterocycles. The Morgan fingerprint density at radius 1 is 1.18 bits per heavy atom. The fourth-order valence-corrected chi connectivity index (χ4v) is 4.50. The first-order chi connectivity index (χ1) is 5.00. The summed E-state index contributed by atoms with van der Waals surface area (Å²) in [6.07, 6.45) is 0. The van der Waals surface area contributed by atoms with E-state index >= 15 is 0 Å². The van der Waals surface area contributed by atoms with E-state index in [1.807, 2.05) is 0 Å². The van der Waals surface area contributed by atoms with Crippen LogP contribution in [0.3, 0.4) is 0 Å². The van der Waals surface area contributed by atoms with Gasteiger partial charge in [0.1, 0.15) is 0 Å². The van der Waals surface area contributed by atoms with E-state index in [0.29, 0.717) is 0 Å². The summed E-state index contributed by atoms with van der Waals surface area (Å²) in [5.74, 6) is 0. The van der Waals surface area contributed by atoms with Crippen molar-refractivity contribution in [3.05, 3.63) is 36.8 Å². The molecule has 0 aliphatic rings. The van der Waals surface area contributed by atoms with Crippen molar-refractivity contribution in [3.63, 3.8) is 0 Å². The van der Waals surface area contributed by atoms with E-state index in [1.165, 1.54) is 0 Å². The predicted molar refractivity (Wildman–Crippen MR) is 53.9 cm³/mol. The molecule has 1 aromatic carbocycles. The van der Waals surface area contributed by atoms with Crippen molar-refractivity contribution in [2.75, 3.05) is 0 Å². The normalized spacial score (nSPS) is 11.6. The molecular formula is C10H15Sn. The van der Waals surface area contributed by atoms with Crippen molar-refractivity contribution >= 4 is 22.0 Å². The van der Waals surface area contributed by atoms with Crippen molar-refractivity contribution < 1.29 is 0 Å². The maximum atomic E-state index is 3.93. The van der Waals surface area contributed by atoms with E-state index in [-0.39, 0.29) is 0 Å². The second kappa shape index (κ2) is 3.18. The SMILES string of the molecule is [CH2]c1ccc[c]([Sn]([CH3])([CH3])[CH3])c1. The van der Waals surface area contributed by atoms with Gasteiger partial charge < -0.3 is 0 Å². The Kier molecular flexibility index (Phi) is 2.63. The Morgan fingerprint density at radius 2 is 1.82 bits per heavy atom.